The lowest BCUT2D eigenvalue weighted by Crippen LogP contribution is -2.39. The van der Waals surface area contributed by atoms with Crippen LogP contribution in [-0.2, 0) is 0 Å². The van der Waals surface area contributed by atoms with E-state index in [9.17, 15) is 5.11 Å². The molecule has 0 saturated heterocycles. The van der Waals surface area contributed by atoms with E-state index in [-0.39, 0.29) is 6.10 Å². The monoisotopic (exact) mass is 223 g/mol. The molecule has 1 saturated carbocycles. The first-order valence-electron chi connectivity index (χ1n) is 6.95. The van der Waals surface area contributed by atoms with Crippen molar-refractivity contribution in [3.63, 3.8) is 0 Å². The fourth-order valence-corrected chi connectivity index (χ4v) is 2.91. The Balaban J connectivity index is 1.67. The summed E-state index contributed by atoms with van der Waals surface area (Å²) in [5.74, 6) is 0. The number of aliphatic hydroxyl groups is 1. The third kappa shape index (κ3) is 3.60. The number of allylic oxidation sites excluding steroid dienone is 1. The van der Waals surface area contributed by atoms with Gasteiger partial charge in [0, 0.05) is 6.04 Å². The van der Waals surface area contributed by atoms with Gasteiger partial charge in [0.25, 0.3) is 0 Å². The van der Waals surface area contributed by atoms with Crippen LogP contribution >= 0.6 is 0 Å². The van der Waals surface area contributed by atoms with Crippen LogP contribution in [0.5, 0.6) is 0 Å². The predicted molar refractivity (Wildman–Crippen MR) is 67.4 cm³/mol. The molecule has 0 aromatic carbocycles. The van der Waals surface area contributed by atoms with Crippen molar-refractivity contribution in [1.82, 2.24) is 5.32 Å². The lowest BCUT2D eigenvalue weighted by Gasteiger charge is -2.21. The SMILES string of the molecule is OC1CCCCCC1NCCC1=CCCC1. The van der Waals surface area contributed by atoms with E-state index in [1.165, 1.54) is 44.9 Å². The lowest BCUT2D eigenvalue weighted by atomic mass is 10.1. The Labute approximate surface area is 99.1 Å². The molecule has 0 amide bonds. The standard InChI is InChI=1S/C14H25NO/c16-14-9-3-1-2-8-13(14)15-11-10-12-6-4-5-7-12/h6,13-16H,1-5,7-11H2. The van der Waals surface area contributed by atoms with Crippen molar-refractivity contribution in [2.45, 2.75) is 69.9 Å². The summed E-state index contributed by atoms with van der Waals surface area (Å²) in [6.45, 7) is 1.05. The summed E-state index contributed by atoms with van der Waals surface area (Å²) >= 11 is 0. The molecule has 2 atom stereocenters. The van der Waals surface area contributed by atoms with Gasteiger partial charge in [-0.15, -0.1) is 0 Å². The van der Waals surface area contributed by atoms with Gasteiger partial charge in [-0.05, 0) is 45.1 Å². The van der Waals surface area contributed by atoms with E-state index in [0.29, 0.717) is 6.04 Å². The van der Waals surface area contributed by atoms with Crippen molar-refractivity contribution in [1.29, 1.82) is 0 Å². The van der Waals surface area contributed by atoms with Crippen LogP contribution in [0.25, 0.3) is 0 Å². The van der Waals surface area contributed by atoms with E-state index in [2.05, 4.69) is 11.4 Å². The van der Waals surface area contributed by atoms with Crippen LogP contribution in [0, 0.1) is 0 Å². The molecular weight excluding hydrogens is 198 g/mol. The highest BCUT2D eigenvalue weighted by Gasteiger charge is 2.20. The molecule has 2 heteroatoms. The molecule has 0 heterocycles. The number of hydrogen-bond donors (Lipinski definition) is 2. The second-order valence-corrected chi connectivity index (χ2v) is 5.27. The first-order valence-corrected chi connectivity index (χ1v) is 6.95. The van der Waals surface area contributed by atoms with Gasteiger partial charge in [0.15, 0.2) is 0 Å². The lowest BCUT2D eigenvalue weighted by molar-refractivity contribution is 0.120. The summed E-state index contributed by atoms with van der Waals surface area (Å²) in [7, 11) is 0. The second-order valence-electron chi connectivity index (χ2n) is 5.27. The molecule has 0 spiro atoms. The molecule has 2 N–H and O–H groups in total. The van der Waals surface area contributed by atoms with Gasteiger partial charge in [0.05, 0.1) is 6.10 Å². The Morgan fingerprint density at radius 1 is 1.19 bits per heavy atom. The summed E-state index contributed by atoms with van der Waals surface area (Å²) in [5.41, 5.74) is 1.62. The number of rotatable bonds is 4. The van der Waals surface area contributed by atoms with Gasteiger partial charge in [0.2, 0.25) is 0 Å². The summed E-state index contributed by atoms with van der Waals surface area (Å²) in [6, 6.07) is 0.351. The van der Waals surface area contributed by atoms with Gasteiger partial charge in [0.1, 0.15) is 0 Å². The van der Waals surface area contributed by atoms with E-state index in [1.54, 1.807) is 5.57 Å². The highest BCUT2D eigenvalue weighted by molar-refractivity contribution is 5.07. The van der Waals surface area contributed by atoms with E-state index >= 15 is 0 Å². The third-order valence-electron chi connectivity index (χ3n) is 3.97. The van der Waals surface area contributed by atoms with E-state index in [4.69, 9.17) is 0 Å². The summed E-state index contributed by atoms with van der Waals surface area (Å²) < 4.78 is 0. The summed E-state index contributed by atoms with van der Waals surface area (Å²) in [6.07, 6.45) is 13.3. The molecule has 16 heavy (non-hydrogen) atoms. The Bertz CT molecular complexity index is 237. The molecule has 2 rings (SSSR count). The Morgan fingerprint density at radius 3 is 2.88 bits per heavy atom. The number of aliphatic hydroxyl groups excluding tert-OH is 1. The highest BCUT2D eigenvalue weighted by Crippen LogP contribution is 2.21. The molecule has 2 nitrogen and oxygen atoms in total. The normalized spacial score (nSPS) is 31.2. The van der Waals surface area contributed by atoms with Crippen LogP contribution in [0.15, 0.2) is 11.6 Å². The van der Waals surface area contributed by atoms with Crippen LogP contribution in [0.2, 0.25) is 0 Å². The van der Waals surface area contributed by atoms with Crippen LogP contribution in [0.3, 0.4) is 0 Å². The zero-order valence-electron chi connectivity index (χ0n) is 10.3. The van der Waals surface area contributed by atoms with Gasteiger partial charge in [-0.3, -0.25) is 0 Å². The average Bonchev–Trinajstić information content (AvgIpc) is 2.71. The van der Waals surface area contributed by atoms with Crippen LogP contribution in [0.4, 0.5) is 0 Å². The number of hydrogen-bond acceptors (Lipinski definition) is 2. The van der Waals surface area contributed by atoms with Crippen molar-refractivity contribution in [2.24, 2.45) is 0 Å². The van der Waals surface area contributed by atoms with Crippen LogP contribution in [-0.4, -0.2) is 23.8 Å². The molecule has 2 aliphatic carbocycles. The predicted octanol–water partition coefficient (Wildman–Crippen LogP) is 2.77. The van der Waals surface area contributed by atoms with Crippen molar-refractivity contribution < 1.29 is 5.11 Å². The van der Waals surface area contributed by atoms with Crippen molar-refractivity contribution >= 4 is 0 Å². The molecule has 92 valence electrons. The molecule has 1 fully saturated rings. The number of nitrogens with one attached hydrogen (secondary N) is 1. The molecule has 0 aromatic rings. The molecule has 2 aliphatic rings. The molecule has 0 aromatic heterocycles. The first-order chi connectivity index (χ1) is 7.86. The quantitative estimate of drug-likeness (QED) is 0.567. The van der Waals surface area contributed by atoms with Gasteiger partial charge in [-0.2, -0.15) is 0 Å². The maximum Gasteiger partial charge on any atom is 0.0693 e. The largest absolute Gasteiger partial charge is 0.392 e. The van der Waals surface area contributed by atoms with Gasteiger partial charge in [-0.25, -0.2) is 0 Å². The summed E-state index contributed by atoms with van der Waals surface area (Å²) in [4.78, 5) is 0. The Morgan fingerprint density at radius 2 is 2.06 bits per heavy atom. The van der Waals surface area contributed by atoms with E-state index < -0.39 is 0 Å². The smallest absolute Gasteiger partial charge is 0.0693 e. The van der Waals surface area contributed by atoms with Crippen LogP contribution < -0.4 is 5.32 Å². The van der Waals surface area contributed by atoms with Crippen molar-refractivity contribution in [2.75, 3.05) is 6.54 Å². The zero-order chi connectivity index (χ0) is 11.2. The minimum absolute atomic E-state index is 0.111. The fraction of sp³-hybridized carbons (Fsp3) is 0.857. The minimum Gasteiger partial charge on any atom is -0.392 e. The van der Waals surface area contributed by atoms with E-state index in [1.807, 2.05) is 0 Å². The van der Waals surface area contributed by atoms with Crippen molar-refractivity contribution in [3.8, 4) is 0 Å². The maximum atomic E-state index is 9.96. The first kappa shape index (κ1) is 12.1. The van der Waals surface area contributed by atoms with Crippen LogP contribution in [0.1, 0.15) is 57.8 Å². The Kier molecular flexibility index (Phi) is 4.86. The molecule has 0 radical (unpaired) electrons. The highest BCUT2D eigenvalue weighted by atomic mass is 16.3. The topological polar surface area (TPSA) is 32.3 Å². The second kappa shape index (κ2) is 6.41. The van der Waals surface area contributed by atoms with E-state index in [0.717, 1.165) is 19.4 Å². The zero-order valence-corrected chi connectivity index (χ0v) is 10.3. The van der Waals surface area contributed by atoms with Gasteiger partial charge < -0.3 is 10.4 Å². The van der Waals surface area contributed by atoms with Gasteiger partial charge >= 0.3 is 0 Å². The average molecular weight is 223 g/mol. The third-order valence-corrected chi connectivity index (χ3v) is 3.97. The Hall–Kier alpha value is -0.340. The maximum absolute atomic E-state index is 9.96. The molecule has 0 bridgehead atoms. The molecular formula is C14H25NO. The van der Waals surface area contributed by atoms with Gasteiger partial charge in [-0.1, -0.05) is 30.9 Å². The molecule has 0 aliphatic heterocycles. The summed E-state index contributed by atoms with van der Waals surface area (Å²) in [5, 5.41) is 13.5. The molecule has 2 unspecified atom stereocenters. The van der Waals surface area contributed by atoms with Crippen molar-refractivity contribution in [3.05, 3.63) is 11.6 Å². The minimum atomic E-state index is -0.111. The fourth-order valence-electron chi connectivity index (χ4n) is 2.91.